The molecule has 1 heterocycles. The predicted molar refractivity (Wildman–Crippen MR) is 121 cm³/mol. The minimum absolute atomic E-state index is 0.124. The third-order valence-electron chi connectivity index (χ3n) is 5.85. The summed E-state index contributed by atoms with van der Waals surface area (Å²) in [5.74, 6) is -0.702. The number of ketones is 1. The third kappa shape index (κ3) is 4.64. The highest BCUT2D eigenvalue weighted by Crippen LogP contribution is 2.39. The van der Waals surface area contributed by atoms with E-state index in [2.05, 4.69) is 18.7 Å². The summed E-state index contributed by atoms with van der Waals surface area (Å²) in [6, 6.07) is 13.9. The number of benzene rings is 2. The second-order valence-corrected chi connectivity index (χ2v) is 7.66. The number of rotatable bonds is 8. The average molecular weight is 423 g/mol. The maximum atomic E-state index is 13.0. The van der Waals surface area contributed by atoms with Crippen LogP contribution in [0.25, 0.3) is 5.76 Å². The van der Waals surface area contributed by atoms with Crippen molar-refractivity contribution in [3.8, 4) is 5.75 Å². The molecular formula is C25H30N2O4. The molecule has 1 N–H and O–H groups in total. The highest BCUT2D eigenvalue weighted by molar-refractivity contribution is 6.46. The van der Waals surface area contributed by atoms with Gasteiger partial charge in [0.1, 0.15) is 11.5 Å². The Morgan fingerprint density at radius 3 is 2.19 bits per heavy atom. The Morgan fingerprint density at radius 2 is 1.65 bits per heavy atom. The summed E-state index contributed by atoms with van der Waals surface area (Å²) >= 11 is 0. The van der Waals surface area contributed by atoms with Gasteiger partial charge in [-0.1, -0.05) is 55.8 Å². The largest absolute Gasteiger partial charge is 0.507 e. The molecule has 6 nitrogen and oxygen atoms in total. The Labute approximate surface area is 183 Å². The lowest BCUT2D eigenvalue weighted by atomic mass is 9.95. The van der Waals surface area contributed by atoms with Crippen molar-refractivity contribution in [3.63, 3.8) is 0 Å². The number of likely N-dealkylation sites (N-methyl/N-ethyl adjacent to an activating group) is 1. The zero-order valence-corrected chi connectivity index (χ0v) is 18.6. The van der Waals surface area contributed by atoms with Crippen LogP contribution in [-0.2, 0) is 9.59 Å². The number of hydrogen-bond acceptors (Lipinski definition) is 5. The number of amides is 1. The molecule has 0 unspecified atom stereocenters. The summed E-state index contributed by atoms with van der Waals surface area (Å²) in [7, 11) is 1.59. The summed E-state index contributed by atoms with van der Waals surface area (Å²) < 4.78 is 5.25. The lowest BCUT2D eigenvalue weighted by Gasteiger charge is -2.28. The molecule has 2 aromatic rings. The molecule has 164 valence electrons. The maximum Gasteiger partial charge on any atom is 0.295 e. The summed E-state index contributed by atoms with van der Waals surface area (Å²) in [5, 5.41) is 11.1. The van der Waals surface area contributed by atoms with Gasteiger partial charge in [0.15, 0.2) is 0 Å². The van der Waals surface area contributed by atoms with E-state index in [4.69, 9.17) is 4.74 Å². The van der Waals surface area contributed by atoms with Crippen LogP contribution in [0.1, 0.15) is 36.6 Å². The van der Waals surface area contributed by atoms with Gasteiger partial charge in [0.05, 0.1) is 18.7 Å². The van der Waals surface area contributed by atoms with Gasteiger partial charge in [-0.3, -0.25) is 9.59 Å². The molecule has 0 bridgehead atoms. The molecule has 3 rings (SSSR count). The molecule has 0 aliphatic carbocycles. The van der Waals surface area contributed by atoms with Gasteiger partial charge < -0.3 is 19.6 Å². The normalized spacial score (nSPS) is 18.1. The van der Waals surface area contributed by atoms with Crippen molar-refractivity contribution >= 4 is 17.4 Å². The lowest BCUT2D eigenvalue weighted by Crippen LogP contribution is -2.38. The molecule has 6 heteroatoms. The monoisotopic (exact) mass is 422 g/mol. The van der Waals surface area contributed by atoms with Crippen LogP contribution in [0.2, 0.25) is 0 Å². The molecule has 1 aliphatic rings. The topological polar surface area (TPSA) is 70.1 Å². The Kier molecular flexibility index (Phi) is 7.13. The smallest absolute Gasteiger partial charge is 0.295 e. The van der Waals surface area contributed by atoms with Gasteiger partial charge in [-0.2, -0.15) is 0 Å². The van der Waals surface area contributed by atoms with Crippen LogP contribution in [0.4, 0.5) is 0 Å². The lowest BCUT2D eigenvalue weighted by molar-refractivity contribution is -0.140. The first kappa shape index (κ1) is 22.6. The zero-order valence-electron chi connectivity index (χ0n) is 18.6. The third-order valence-corrected chi connectivity index (χ3v) is 5.85. The van der Waals surface area contributed by atoms with Crippen LogP contribution in [-0.4, -0.2) is 59.9 Å². The van der Waals surface area contributed by atoms with E-state index in [0.717, 1.165) is 24.2 Å². The number of aryl methyl sites for hydroxylation is 1. The highest BCUT2D eigenvalue weighted by Gasteiger charge is 2.45. The van der Waals surface area contributed by atoms with Crippen molar-refractivity contribution in [2.75, 3.05) is 33.3 Å². The van der Waals surface area contributed by atoms with Crippen molar-refractivity contribution < 1.29 is 19.4 Å². The van der Waals surface area contributed by atoms with Gasteiger partial charge in [-0.15, -0.1) is 0 Å². The van der Waals surface area contributed by atoms with Gasteiger partial charge in [0, 0.05) is 18.7 Å². The van der Waals surface area contributed by atoms with E-state index >= 15 is 0 Å². The molecule has 0 aromatic heterocycles. The van der Waals surface area contributed by atoms with Crippen molar-refractivity contribution in [3.05, 3.63) is 70.8 Å². The van der Waals surface area contributed by atoms with Gasteiger partial charge in [0.25, 0.3) is 11.7 Å². The van der Waals surface area contributed by atoms with Gasteiger partial charge in [-0.05, 0) is 37.7 Å². The number of Topliss-reactive ketones (excluding diaryl/α,β-unsaturated/α-hetero) is 1. The van der Waals surface area contributed by atoms with E-state index in [9.17, 15) is 14.7 Å². The second-order valence-electron chi connectivity index (χ2n) is 7.66. The van der Waals surface area contributed by atoms with Crippen LogP contribution < -0.4 is 4.74 Å². The molecule has 0 spiro atoms. The minimum atomic E-state index is -0.654. The average Bonchev–Trinajstić information content (AvgIpc) is 3.04. The summed E-state index contributed by atoms with van der Waals surface area (Å²) in [5.41, 5.74) is 2.44. The first-order valence-corrected chi connectivity index (χ1v) is 10.6. The minimum Gasteiger partial charge on any atom is -0.507 e. The van der Waals surface area contributed by atoms with E-state index in [1.807, 2.05) is 31.2 Å². The standard InChI is InChI=1S/C25H30N2O4/c1-5-26(6-2)15-16-27-22(18-11-13-20(31-4)14-12-18)21(24(29)25(27)30)23(28)19-9-7-17(3)8-10-19/h7-14,22,28H,5-6,15-16H2,1-4H3/t22-/m0/s1. The van der Waals surface area contributed by atoms with Crippen LogP contribution >= 0.6 is 0 Å². The molecular weight excluding hydrogens is 392 g/mol. The number of hydrogen-bond donors (Lipinski definition) is 1. The molecule has 31 heavy (non-hydrogen) atoms. The first-order chi connectivity index (χ1) is 14.9. The van der Waals surface area contributed by atoms with Gasteiger partial charge in [-0.25, -0.2) is 0 Å². The van der Waals surface area contributed by atoms with E-state index in [-0.39, 0.29) is 11.3 Å². The van der Waals surface area contributed by atoms with Gasteiger partial charge in [0.2, 0.25) is 0 Å². The fraction of sp³-hybridized carbons (Fsp3) is 0.360. The van der Waals surface area contributed by atoms with E-state index in [1.165, 1.54) is 0 Å². The predicted octanol–water partition coefficient (Wildman–Crippen LogP) is 3.77. The van der Waals surface area contributed by atoms with Crippen LogP contribution in [0.15, 0.2) is 54.1 Å². The van der Waals surface area contributed by atoms with Crippen LogP contribution in [0.5, 0.6) is 5.75 Å². The number of methoxy groups -OCH3 is 1. The number of carbonyl (C=O) groups excluding carboxylic acids is 2. The van der Waals surface area contributed by atoms with Crippen molar-refractivity contribution in [2.45, 2.75) is 26.8 Å². The fourth-order valence-corrected chi connectivity index (χ4v) is 3.90. The van der Waals surface area contributed by atoms with Crippen LogP contribution in [0, 0.1) is 6.92 Å². The maximum absolute atomic E-state index is 13.0. The molecule has 1 amide bonds. The molecule has 0 saturated carbocycles. The second kappa shape index (κ2) is 9.79. The number of nitrogens with zero attached hydrogens (tertiary/aromatic N) is 2. The Hall–Kier alpha value is -3.12. The molecule has 1 aliphatic heterocycles. The van der Waals surface area contributed by atoms with Crippen molar-refractivity contribution in [1.29, 1.82) is 0 Å². The number of ether oxygens (including phenoxy) is 1. The Morgan fingerprint density at radius 1 is 1.03 bits per heavy atom. The number of aliphatic hydroxyl groups excluding tert-OH is 1. The van der Waals surface area contributed by atoms with Gasteiger partial charge >= 0.3 is 0 Å². The molecule has 2 aromatic carbocycles. The fourth-order valence-electron chi connectivity index (χ4n) is 3.90. The molecule has 1 fully saturated rings. The SMILES string of the molecule is CCN(CC)CCN1C(=O)C(=O)C(=C(O)c2ccc(C)cc2)[C@@H]1c1ccc(OC)cc1. The van der Waals surface area contributed by atoms with E-state index in [0.29, 0.717) is 24.4 Å². The van der Waals surface area contributed by atoms with Crippen molar-refractivity contribution in [1.82, 2.24) is 9.80 Å². The zero-order chi connectivity index (χ0) is 22.5. The highest BCUT2D eigenvalue weighted by atomic mass is 16.5. The van der Waals surface area contributed by atoms with Crippen LogP contribution in [0.3, 0.4) is 0 Å². The Balaban J connectivity index is 2.08. The van der Waals surface area contributed by atoms with E-state index < -0.39 is 17.7 Å². The summed E-state index contributed by atoms with van der Waals surface area (Å²) in [4.78, 5) is 29.8. The first-order valence-electron chi connectivity index (χ1n) is 10.6. The number of carbonyl (C=O) groups is 2. The molecule has 1 atom stereocenters. The van der Waals surface area contributed by atoms with E-state index in [1.54, 1.807) is 36.3 Å². The number of likely N-dealkylation sites (tertiary alicyclic amines) is 1. The summed E-state index contributed by atoms with van der Waals surface area (Å²) in [6.45, 7) is 8.85. The molecule has 0 radical (unpaired) electrons. The molecule has 1 saturated heterocycles. The summed E-state index contributed by atoms with van der Waals surface area (Å²) in [6.07, 6.45) is 0. The Bertz CT molecular complexity index is 960. The quantitative estimate of drug-likeness (QED) is 0.398. The number of aliphatic hydroxyl groups is 1. The van der Waals surface area contributed by atoms with Crippen molar-refractivity contribution in [2.24, 2.45) is 0 Å².